The van der Waals surface area contributed by atoms with Gasteiger partial charge >= 0.3 is 0 Å². The van der Waals surface area contributed by atoms with Crippen LogP contribution in [0.25, 0.3) is 0 Å². The monoisotopic (exact) mass is 322 g/mol. The molecule has 0 radical (unpaired) electrons. The Morgan fingerprint density at radius 3 is 2.74 bits per heavy atom. The van der Waals surface area contributed by atoms with Crippen LogP contribution < -0.4 is 0 Å². The number of aryl methyl sites for hydroxylation is 1. The minimum absolute atomic E-state index is 0.0506. The summed E-state index contributed by atoms with van der Waals surface area (Å²) in [6.45, 7) is 4.06. The highest BCUT2D eigenvalue weighted by molar-refractivity contribution is 5.77. The number of aromatic nitrogens is 2. The van der Waals surface area contributed by atoms with E-state index in [1.807, 2.05) is 4.90 Å². The lowest BCUT2D eigenvalue weighted by Crippen LogP contribution is -2.53. The Morgan fingerprint density at radius 1 is 1.39 bits per heavy atom. The van der Waals surface area contributed by atoms with Crippen molar-refractivity contribution >= 4 is 5.91 Å². The van der Waals surface area contributed by atoms with E-state index in [4.69, 9.17) is 9.26 Å². The number of hydrogen-bond acceptors (Lipinski definition) is 6. The molecule has 128 valence electrons. The van der Waals surface area contributed by atoms with E-state index in [2.05, 4.69) is 29.1 Å². The molecule has 0 aliphatic carbocycles. The van der Waals surface area contributed by atoms with Gasteiger partial charge in [0.15, 0.2) is 5.82 Å². The van der Waals surface area contributed by atoms with Crippen LogP contribution in [-0.2, 0) is 16.0 Å². The molecule has 7 nitrogen and oxygen atoms in total. The van der Waals surface area contributed by atoms with Gasteiger partial charge in [-0.05, 0) is 46.7 Å². The number of ether oxygens (including phenoxy) is 1. The molecule has 1 spiro atoms. The van der Waals surface area contributed by atoms with Crippen molar-refractivity contribution in [3.05, 3.63) is 11.7 Å². The molecule has 0 saturated carbocycles. The minimum atomic E-state index is -0.0506. The first-order valence-electron chi connectivity index (χ1n) is 8.35. The number of nitrogens with zero attached hydrogens (tertiary/aromatic N) is 4. The van der Waals surface area contributed by atoms with Gasteiger partial charge in [0, 0.05) is 25.7 Å². The number of amides is 1. The van der Waals surface area contributed by atoms with Crippen LogP contribution in [0.4, 0.5) is 0 Å². The van der Waals surface area contributed by atoms with Crippen LogP contribution in [0.1, 0.15) is 37.4 Å². The van der Waals surface area contributed by atoms with Gasteiger partial charge in [0.25, 0.3) is 0 Å². The molecule has 0 bridgehead atoms. The third-order valence-electron chi connectivity index (χ3n) is 5.10. The van der Waals surface area contributed by atoms with Gasteiger partial charge in [0.1, 0.15) is 6.42 Å². The average molecular weight is 322 g/mol. The normalized spacial score (nSPS) is 24.3. The molecule has 7 heteroatoms. The van der Waals surface area contributed by atoms with Gasteiger partial charge in [-0.1, -0.05) is 5.16 Å². The lowest BCUT2D eigenvalue weighted by molar-refractivity contribution is -0.147. The molecule has 0 N–H and O–H groups in total. The molecule has 1 amide bonds. The Kier molecular flexibility index (Phi) is 4.68. The fraction of sp³-hybridized carbons (Fsp3) is 0.812. The van der Waals surface area contributed by atoms with Crippen LogP contribution in [0.2, 0.25) is 0 Å². The summed E-state index contributed by atoms with van der Waals surface area (Å²) in [5, 5.41) is 3.73. The van der Waals surface area contributed by atoms with E-state index in [9.17, 15) is 4.79 Å². The van der Waals surface area contributed by atoms with Crippen molar-refractivity contribution in [3.8, 4) is 0 Å². The Hall–Kier alpha value is -1.47. The maximum Gasteiger partial charge on any atom is 0.236 e. The fourth-order valence-corrected chi connectivity index (χ4v) is 3.61. The Balaban J connectivity index is 1.54. The molecule has 2 aliphatic heterocycles. The number of rotatable bonds is 3. The van der Waals surface area contributed by atoms with E-state index in [1.165, 1.54) is 0 Å². The molecule has 2 aliphatic rings. The summed E-state index contributed by atoms with van der Waals surface area (Å²) in [4.78, 5) is 20.7. The summed E-state index contributed by atoms with van der Waals surface area (Å²) < 4.78 is 11.2. The summed E-state index contributed by atoms with van der Waals surface area (Å²) >= 11 is 0. The number of carbonyl (C=O) groups is 1. The van der Waals surface area contributed by atoms with Crippen LogP contribution in [-0.4, -0.2) is 71.3 Å². The Bertz CT molecular complexity index is 549. The molecule has 1 atom stereocenters. The van der Waals surface area contributed by atoms with Gasteiger partial charge in [0.2, 0.25) is 11.8 Å². The molecule has 0 aromatic carbocycles. The van der Waals surface area contributed by atoms with Crippen molar-refractivity contribution in [3.63, 3.8) is 0 Å². The predicted octanol–water partition coefficient (Wildman–Crippen LogP) is 1.02. The highest BCUT2D eigenvalue weighted by atomic mass is 16.5. The van der Waals surface area contributed by atoms with Crippen molar-refractivity contribution in [2.24, 2.45) is 0 Å². The topological polar surface area (TPSA) is 71.7 Å². The number of hydrogen-bond donors (Lipinski definition) is 0. The highest BCUT2D eigenvalue weighted by Gasteiger charge is 2.41. The van der Waals surface area contributed by atoms with Crippen molar-refractivity contribution in [2.75, 3.05) is 33.8 Å². The average Bonchev–Trinajstić information content (AvgIpc) is 2.93. The third kappa shape index (κ3) is 3.72. The Labute approximate surface area is 137 Å². The van der Waals surface area contributed by atoms with E-state index >= 15 is 0 Å². The van der Waals surface area contributed by atoms with Gasteiger partial charge in [-0.2, -0.15) is 4.98 Å². The number of carbonyl (C=O) groups excluding carboxylic acids is 1. The van der Waals surface area contributed by atoms with Gasteiger partial charge in [-0.3, -0.25) is 4.79 Å². The van der Waals surface area contributed by atoms with Crippen LogP contribution in [0.5, 0.6) is 0 Å². The SMILES string of the molecule is Cc1noc(CC(=O)N2CCC3(CC2)CC(N(C)C)CCO3)n1. The standard InChI is InChI=1S/C16H26N4O3/c1-12-17-14(23-18-12)10-15(21)20-7-5-16(6-8-20)11-13(19(2)3)4-9-22-16/h13H,4-11H2,1-3H3. The van der Waals surface area contributed by atoms with Crippen molar-refractivity contribution in [1.29, 1.82) is 0 Å². The molecule has 2 saturated heterocycles. The van der Waals surface area contributed by atoms with E-state index in [0.29, 0.717) is 17.8 Å². The maximum absolute atomic E-state index is 12.4. The summed E-state index contributed by atoms with van der Waals surface area (Å²) in [5.74, 6) is 1.02. The van der Waals surface area contributed by atoms with Crippen LogP contribution in [0, 0.1) is 6.92 Å². The zero-order chi connectivity index (χ0) is 16.4. The third-order valence-corrected chi connectivity index (χ3v) is 5.10. The van der Waals surface area contributed by atoms with Crippen molar-refractivity contribution in [1.82, 2.24) is 19.9 Å². The summed E-state index contributed by atoms with van der Waals surface area (Å²) in [7, 11) is 4.27. The molecular weight excluding hydrogens is 296 g/mol. The van der Waals surface area contributed by atoms with E-state index < -0.39 is 0 Å². The van der Waals surface area contributed by atoms with Gasteiger partial charge in [0.05, 0.1) is 5.60 Å². The second kappa shape index (κ2) is 6.57. The summed E-state index contributed by atoms with van der Waals surface area (Å²) in [5.41, 5.74) is -0.0506. The zero-order valence-corrected chi connectivity index (χ0v) is 14.2. The summed E-state index contributed by atoms with van der Waals surface area (Å²) in [6, 6.07) is 0.576. The van der Waals surface area contributed by atoms with E-state index in [-0.39, 0.29) is 17.9 Å². The van der Waals surface area contributed by atoms with E-state index in [1.54, 1.807) is 6.92 Å². The lowest BCUT2D eigenvalue weighted by atomic mass is 9.82. The van der Waals surface area contributed by atoms with Crippen molar-refractivity contribution in [2.45, 2.75) is 50.7 Å². The smallest absolute Gasteiger partial charge is 0.236 e. The molecule has 1 aromatic heterocycles. The van der Waals surface area contributed by atoms with Gasteiger partial charge < -0.3 is 19.1 Å². The van der Waals surface area contributed by atoms with Crippen molar-refractivity contribution < 1.29 is 14.1 Å². The molecule has 3 rings (SSSR count). The first-order valence-corrected chi connectivity index (χ1v) is 8.35. The molecular formula is C16H26N4O3. The molecule has 23 heavy (non-hydrogen) atoms. The zero-order valence-electron chi connectivity index (χ0n) is 14.2. The molecule has 2 fully saturated rings. The quantitative estimate of drug-likeness (QED) is 0.827. The molecule has 1 unspecified atom stereocenters. The minimum Gasteiger partial charge on any atom is -0.375 e. The largest absolute Gasteiger partial charge is 0.375 e. The van der Waals surface area contributed by atoms with Gasteiger partial charge in [-0.25, -0.2) is 0 Å². The Morgan fingerprint density at radius 2 is 2.13 bits per heavy atom. The van der Waals surface area contributed by atoms with Crippen LogP contribution in [0.15, 0.2) is 4.52 Å². The fourth-order valence-electron chi connectivity index (χ4n) is 3.61. The number of likely N-dealkylation sites (tertiary alicyclic amines) is 1. The predicted molar refractivity (Wildman–Crippen MR) is 83.9 cm³/mol. The molecule has 1 aromatic rings. The summed E-state index contributed by atoms with van der Waals surface area (Å²) in [6.07, 6.45) is 4.16. The number of piperidine rings is 1. The first kappa shape index (κ1) is 16.4. The first-order chi connectivity index (χ1) is 11.0. The maximum atomic E-state index is 12.4. The second-order valence-corrected chi connectivity index (χ2v) is 6.93. The van der Waals surface area contributed by atoms with Gasteiger partial charge in [-0.15, -0.1) is 0 Å². The lowest BCUT2D eigenvalue weighted by Gasteiger charge is -2.47. The van der Waals surface area contributed by atoms with E-state index in [0.717, 1.165) is 45.4 Å². The highest BCUT2D eigenvalue weighted by Crippen LogP contribution is 2.36. The van der Waals surface area contributed by atoms with Crippen LogP contribution in [0.3, 0.4) is 0 Å². The van der Waals surface area contributed by atoms with Crippen LogP contribution >= 0.6 is 0 Å². The second-order valence-electron chi connectivity index (χ2n) is 6.93. The molecule has 3 heterocycles.